The van der Waals surface area contributed by atoms with Crippen LogP contribution in [0.5, 0.6) is 0 Å². The van der Waals surface area contributed by atoms with Gasteiger partial charge in [-0.3, -0.25) is 4.79 Å². The summed E-state index contributed by atoms with van der Waals surface area (Å²) in [5.74, 6) is 1.64. The molecule has 1 amide bonds. The van der Waals surface area contributed by atoms with Gasteiger partial charge in [0.2, 0.25) is 5.91 Å². The topological polar surface area (TPSA) is 57.8 Å². The Kier molecular flexibility index (Phi) is 3.04. The molecule has 1 unspecified atom stereocenters. The van der Waals surface area contributed by atoms with Crippen LogP contribution >= 0.6 is 0 Å². The minimum Gasteiger partial charge on any atom is -0.347 e. The van der Waals surface area contributed by atoms with Crippen LogP contribution in [0.25, 0.3) is 0 Å². The van der Waals surface area contributed by atoms with Gasteiger partial charge in [-0.2, -0.15) is 0 Å². The zero-order valence-electron chi connectivity index (χ0n) is 8.99. The van der Waals surface area contributed by atoms with Crippen LogP contribution in [0.1, 0.15) is 44.5 Å². The molecule has 0 radical (unpaired) electrons. The van der Waals surface area contributed by atoms with Crippen molar-refractivity contribution < 1.29 is 4.79 Å². The van der Waals surface area contributed by atoms with Crippen molar-refractivity contribution in [3.63, 3.8) is 0 Å². The molecule has 1 fully saturated rings. The summed E-state index contributed by atoms with van der Waals surface area (Å²) in [7, 11) is 0. The lowest BCUT2D eigenvalue weighted by Crippen LogP contribution is -2.28. The minimum absolute atomic E-state index is 0.0336. The first-order valence-electron chi connectivity index (χ1n) is 5.58. The fraction of sp³-hybridized carbons (Fsp3) is 0.636. The molecule has 15 heavy (non-hydrogen) atoms. The van der Waals surface area contributed by atoms with E-state index in [9.17, 15) is 4.79 Å². The maximum absolute atomic E-state index is 11.6. The first-order valence-corrected chi connectivity index (χ1v) is 5.58. The maximum atomic E-state index is 11.6. The van der Waals surface area contributed by atoms with Crippen LogP contribution in [0.2, 0.25) is 0 Å². The molecule has 4 heteroatoms. The molecule has 2 N–H and O–H groups in total. The summed E-state index contributed by atoms with van der Waals surface area (Å²) in [6, 6.07) is 0.0336. The first-order chi connectivity index (χ1) is 7.29. The van der Waals surface area contributed by atoms with E-state index in [4.69, 9.17) is 0 Å². The molecule has 0 spiro atoms. The molecule has 0 bridgehead atoms. The molecule has 0 aliphatic heterocycles. The number of nitrogens with one attached hydrogen (secondary N) is 2. The number of hydrogen-bond donors (Lipinski definition) is 2. The van der Waals surface area contributed by atoms with Crippen molar-refractivity contribution in [2.75, 3.05) is 0 Å². The van der Waals surface area contributed by atoms with Crippen LogP contribution < -0.4 is 5.32 Å². The van der Waals surface area contributed by atoms with E-state index in [1.807, 2.05) is 6.92 Å². The third-order valence-corrected chi connectivity index (χ3v) is 2.76. The summed E-state index contributed by atoms with van der Waals surface area (Å²) < 4.78 is 0. The van der Waals surface area contributed by atoms with Gasteiger partial charge >= 0.3 is 0 Å². The van der Waals surface area contributed by atoms with Crippen molar-refractivity contribution in [1.82, 2.24) is 15.3 Å². The van der Waals surface area contributed by atoms with Crippen LogP contribution in [-0.2, 0) is 4.79 Å². The minimum atomic E-state index is 0.0336. The van der Waals surface area contributed by atoms with E-state index >= 15 is 0 Å². The molecular weight excluding hydrogens is 190 g/mol. The molecule has 2 rings (SSSR count). The zero-order chi connectivity index (χ0) is 10.7. The number of nitrogens with zero attached hydrogens (tertiary/aromatic N) is 1. The van der Waals surface area contributed by atoms with Gasteiger partial charge < -0.3 is 10.3 Å². The molecule has 4 nitrogen and oxygen atoms in total. The number of amides is 1. The Morgan fingerprint density at radius 2 is 2.53 bits per heavy atom. The Bertz CT molecular complexity index is 317. The zero-order valence-corrected chi connectivity index (χ0v) is 8.99. The summed E-state index contributed by atoms with van der Waals surface area (Å²) in [6.07, 6.45) is 7.47. The Morgan fingerprint density at radius 3 is 3.07 bits per heavy atom. The highest BCUT2D eigenvalue weighted by Crippen LogP contribution is 2.32. The number of H-pyrrole nitrogens is 1. The molecule has 0 saturated heterocycles. The maximum Gasteiger partial charge on any atom is 0.220 e. The van der Waals surface area contributed by atoms with Gasteiger partial charge in [0.1, 0.15) is 5.82 Å². The standard InChI is InChI=1S/C11H17N3O/c1-2-9(11-12-5-6-13-11)14-10(15)7-8-3-4-8/h5-6,8-9H,2-4,7H2,1H3,(H,12,13)(H,14,15). The third kappa shape index (κ3) is 2.81. The number of carbonyl (C=O) groups excluding carboxylic acids is 1. The van der Waals surface area contributed by atoms with Gasteiger partial charge in [0.15, 0.2) is 0 Å². The Balaban J connectivity index is 1.87. The van der Waals surface area contributed by atoms with Crippen molar-refractivity contribution in [2.24, 2.45) is 5.92 Å². The van der Waals surface area contributed by atoms with E-state index in [2.05, 4.69) is 15.3 Å². The number of rotatable bonds is 5. The average Bonchev–Trinajstić information content (AvgIpc) is 2.86. The van der Waals surface area contributed by atoms with Crippen molar-refractivity contribution in [3.8, 4) is 0 Å². The van der Waals surface area contributed by atoms with Gasteiger partial charge in [-0.05, 0) is 25.2 Å². The lowest BCUT2D eigenvalue weighted by molar-refractivity contribution is -0.122. The van der Waals surface area contributed by atoms with Gasteiger partial charge in [0, 0.05) is 18.8 Å². The van der Waals surface area contributed by atoms with Crippen molar-refractivity contribution in [3.05, 3.63) is 18.2 Å². The normalized spacial score (nSPS) is 17.4. The number of carbonyl (C=O) groups is 1. The Hall–Kier alpha value is -1.32. The highest BCUT2D eigenvalue weighted by molar-refractivity contribution is 5.76. The molecule has 82 valence electrons. The van der Waals surface area contributed by atoms with Gasteiger partial charge in [0.25, 0.3) is 0 Å². The van der Waals surface area contributed by atoms with Gasteiger partial charge in [-0.15, -0.1) is 0 Å². The van der Waals surface area contributed by atoms with Crippen LogP contribution in [0, 0.1) is 5.92 Å². The molecule has 0 aromatic carbocycles. The molecule has 1 aliphatic rings. The fourth-order valence-corrected chi connectivity index (χ4v) is 1.67. The molecule has 1 aliphatic carbocycles. The van der Waals surface area contributed by atoms with Crippen molar-refractivity contribution >= 4 is 5.91 Å². The van der Waals surface area contributed by atoms with Gasteiger partial charge in [-0.1, -0.05) is 6.92 Å². The predicted molar refractivity (Wildman–Crippen MR) is 57.1 cm³/mol. The second kappa shape index (κ2) is 4.47. The number of hydrogen-bond acceptors (Lipinski definition) is 2. The largest absolute Gasteiger partial charge is 0.347 e. The predicted octanol–water partition coefficient (Wildman–Crippen LogP) is 1.78. The average molecular weight is 207 g/mol. The summed E-state index contributed by atoms with van der Waals surface area (Å²) in [5, 5.41) is 3.01. The van der Waals surface area contributed by atoms with Crippen LogP contribution in [0.3, 0.4) is 0 Å². The summed E-state index contributed by atoms with van der Waals surface area (Å²) in [5.41, 5.74) is 0. The van der Waals surface area contributed by atoms with Crippen molar-refractivity contribution in [2.45, 2.75) is 38.6 Å². The first kappa shape index (κ1) is 10.2. The Morgan fingerprint density at radius 1 is 1.73 bits per heavy atom. The number of aromatic amines is 1. The van der Waals surface area contributed by atoms with E-state index in [0.717, 1.165) is 12.2 Å². The van der Waals surface area contributed by atoms with E-state index in [1.165, 1.54) is 12.8 Å². The lowest BCUT2D eigenvalue weighted by Gasteiger charge is -2.14. The highest BCUT2D eigenvalue weighted by Gasteiger charge is 2.25. The molecule has 1 aromatic rings. The van der Waals surface area contributed by atoms with E-state index in [1.54, 1.807) is 12.4 Å². The molecule has 1 atom stereocenters. The van der Waals surface area contributed by atoms with E-state index < -0.39 is 0 Å². The summed E-state index contributed by atoms with van der Waals surface area (Å²) in [4.78, 5) is 18.8. The second-order valence-corrected chi connectivity index (χ2v) is 4.15. The number of imidazole rings is 1. The Labute approximate surface area is 89.5 Å². The fourth-order valence-electron chi connectivity index (χ4n) is 1.67. The van der Waals surface area contributed by atoms with Crippen LogP contribution in [-0.4, -0.2) is 15.9 Å². The lowest BCUT2D eigenvalue weighted by atomic mass is 10.2. The summed E-state index contributed by atoms with van der Waals surface area (Å²) in [6.45, 7) is 2.05. The molecule has 1 aromatic heterocycles. The van der Waals surface area contributed by atoms with E-state index in [0.29, 0.717) is 12.3 Å². The molecule has 1 heterocycles. The monoisotopic (exact) mass is 207 g/mol. The third-order valence-electron chi connectivity index (χ3n) is 2.76. The summed E-state index contributed by atoms with van der Waals surface area (Å²) >= 11 is 0. The molecule has 1 saturated carbocycles. The quantitative estimate of drug-likeness (QED) is 0.773. The number of aromatic nitrogens is 2. The van der Waals surface area contributed by atoms with Gasteiger partial charge in [-0.25, -0.2) is 4.98 Å². The van der Waals surface area contributed by atoms with Crippen LogP contribution in [0.15, 0.2) is 12.4 Å². The smallest absolute Gasteiger partial charge is 0.220 e. The SMILES string of the molecule is CCC(NC(=O)CC1CC1)c1ncc[nH]1. The van der Waals surface area contributed by atoms with Crippen LogP contribution in [0.4, 0.5) is 0 Å². The van der Waals surface area contributed by atoms with Crippen molar-refractivity contribution in [1.29, 1.82) is 0 Å². The molecular formula is C11H17N3O. The second-order valence-electron chi connectivity index (χ2n) is 4.15. The van der Waals surface area contributed by atoms with Gasteiger partial charge in [0.05, 0.1) is 6.04 Å². The highest BCUT2D eigenvalue weighted by atomic mass is 16.1. The van der Waals surface area contributed by atoms with E-state index in [-0.39, 0.29) is 11.9 Å².